The van der Waals surface area contributed by atoms with Gasteiger partial charge in [0, 0.05) is 18.2 Å². The van der Waals surface area contributed by atoms with E-state index in [2.05, 4.69) is 0 Å². The van der Waals surface area contributed by atoms with Gasteiger partial charge in [0.05, 0.1) is 29.2 Å². The number of anilines is 1. The largest absolute Gasteiger partial charge is 0.462 e. The number of hydrogen-bond donors (Lipinski definition) is 0. The van der Waals surface area contributed by atoms with E-state index < -0.39 is 40.3 Å². The highest BCUT2D eigenvalue weighted by molar-refractivity contribution is 6.32. The second kappa shape index (κ2) is 11.9. The van der Waals surface area contributed by atoms with Crippen LogP contribution in [-0.4, -0.2) is 52.7 Å². The zero-order valence-corrected chi connectivity index (χ0v) is 21.7. The standard InChI is InChI=1S/C28H24ClN3O7/c1-2-39-28(36)19-8-11-21(12-9-19)31-25(33)17-24(27(31)35)30(15-14-18-6-4-3-5-7-18)26(34)20-10-13-22(29)23(16-20)32(37)38/h3-13,16,24H,2,14-15,17H2,1H3. The lowest BCUT2D eigenvalue weighted by molar-refractivity contribution is -0.384. The van der Waals surface area contributed by atoms with Crippen LogP contribution in [0.3, 0.4) is 0 Å². The van der Waals surface area contributed by atoms with Crippen molar-refractivity contribution in [1.29, 1.82) is 0 Å². The van der Waals surface area contributed by atoms with Gasteiger partial charge in [-0.3, -0.25) is 24.5 Å². The minimum Gasteiger partial charge on any atom is -0.462 e. The Morgan fingerprint density at radius 1 is 1.05 bits per heavy atom. The molecule has 0 saturated carbocycles. The van der Waals surface area contributed by atoms with E-state index in [4.69, 9.17) is 16.3 Å². The summed E-state index contributed by atoms with van der Waals surface area (Å²) in [5.41, 5.74) is 0.943. The molecule has 0 radical (unpaired) electrons. The molecule has 1 unspecified atom stereocenters. The first-order chi connectivity index (χ1) is 18.7. The Morgan fingerprint density at radius 3 is 2.36 bits per heavy atom. The zero-order chi connectivity index (χ0) is 28.1. The van der Waals surface area contributed by atoms with Crippen LogP contribution < -0.4 is 4.90 Å². The van der Waals surface area contributed by atoms with Crippen molar-refractivity contribution in [3.63, 3.8) is 0 Å². The Morgan fingerprint density at radius 2 is 1.72 bits per heavy atom. The number of hydrogen-bond acceptors (Lipinski definition) is 7. The SMILES string of the molecule is CCOC(=O)c1ccc(N2C(=O)CC(N(CCc3ccccc3)C(=O)c3ccc(Cl)c([N+](=O)[O-])c3)C2=O)cc1. The smallest absolute Gasteiger partial charge is 0.338 e. The molecule has 0 bridgehead atoms. The highest BCUT2D eigenvalue weighted by atomic mass is 35.5. The normalized spacial score (nSPS) is 14.8. The molecule has 4 rings (SSSR count). The van der Waals surface area contributed by atoms with Crippen LogP contribution in [0.1, 0.15) is 39.6 Å². The summed E-state index contributed by atoms with van der Waals surface area (Å²) in [5, 5.41) is 11.3. The summed E-state index contributed by atoms with van der Waals surface area (Å²) >= 11 is 5.92. The van der Waals surface area contributed by atoms with Crippen LogP contribution in [0, 0.1) is 10.1 Å². The first kappa shape index (κ1) is 27.5. The monoisotopic (exact) mass is 549 g/mol. The van der Waals surface area contributed by atoms with Crippen molar-refractivity contribution in [2.75, 3.05) is 18.1 Å². The van der Waals surface area contributed by atoms with Crippen molar-refractivity contribution in [2.24, 2.45) is 0 Å². The van der Waals surface area contributed by atoms with Crippen molar-refractivity contribution < 1.29 is 28.8 Å². The van der Waals surface area contributed by atoms with E-state index in [1.165, 1.54) is 41.3 Å². The Bertz CT molecular complexity index is 1430. The molecule has 0 spiro atoms. The molecule has 1 saturated heterocycles. The van der Waals surface area contributed by atoms with Crippen molar-refractivity contribution in [3.8, 4) is 0 Å². The summed E-state index contributed by atoms with van der Waals surface area (Å²) < 4.78 is 4.97. The van der Waals surface area contributed by atoms with Gasteiger partial charge in [0.2, 0.25) is 5.91 Å². The third kappa shape index (κ3) is 5.96. The highest BCUT2D eigenvalue weighted by Crippen LogP contribution is 2.30. The van der Waals surface area contributed by atoms with Crippen LogP contribution >= 0.6 is 11.6 Å². The number of nitro benzene ring substituents is 1. The number of rotatable bonds is 9. The maximum atomic E-state index is 13.6. The lowest BCUT2D eigenvalue weighted by Crippen LogP contribution is -2.46. The molecule has 0 aromatic heterocycles. The molecule has 39 heavy (non-hydrogen) atoms. The highest BCUT2D eigenvalue weighted by Gasteiger charge is 2.44. The van der Waals surface area contributed by atoms with Crippen molar-refractivity contribution in [2.45, 2.75) is 25.8 Å². The number of halogens is 1. The minimum atomic E-state index is -1.13. The molecule has 10 nitrogen and oxygen atoms in total. The molecule has 0 aliphatic carbocycles. The van der Waals surface area contributed by atoms with Gasteiger partial charge >= 0.3 is 5.97 Å². The number of imide groups is 1. The molecule has 1 atom stereocenters. The van der Waals surface area contributed by atoms with E-state index in [1.807, 2.05) is 30.3 Å². The maximum Gasteiger partial charge on any atom is 0.338 e. The van der Waals surface area contributed by atoms with E-state index in [1.54, 1.807) is 6.92 Å². The van der Waals surface area contributed by atoms with E-state index >= 15 is 0 Å². The van der Waals surface area contributed by atoms with Gasteiger partial charge < -0.3 is 9.64 Å². The summed E-state index contributed by atoms with van der Waals surface area (Å²) in [6.45, 7) is 1.97. The molecule has 3 aromatic rings. The van der Waals surface area contributed by atoms with Crippen LogP contribution in [-0.2, 0) is 20.7 Å². The topological polar surface area (TPSA) is 127 Å². The average molecular weight is 550 g/mol. The molecular formula is C28H24ClN3O7. The van der Waals surface area contributed by atoms with Gasteiger partial charge in [0.1, 0.15) is 11.1 Å². The molecule has 1 aliphatic rings. The fraction of sp³-hybridized carbons (Fsp3) is 0.214. The lowest BCUT2D eigenvalue weighted by atomic mass is 10.1. The van der Waals surface area contributed by atoms with Crippen LogP contribution in [0.4, 0.5) is 11.4 Å². The number of amides is 3. The van der Waals surface area contributed by atoms with Gasteiger partial charge in [0.25, 0.3) is 17.5 Å². The summed E-state index contributed by atoms with van der Waals surface area (Å²) in [6.07, 6.45) is 0.114. The lowest BCUT2D eigenvalue weighted by Gasteiger charge is -2.28. The third-order valence-corrected chi connectivity index (χ3v) is 6.59. The number of esters is 1. The van der Waals surface area contributed by atoms with Gasteiger partial charge in [-0.15, -0.1) is 0 Å². The number of carbonyl (C=O) groups excluding carboxylic acids is 4. The van der Waals surface area contributed by atoms with E-state index in [0.717, 1.165) is 16.5 Å². The molecular weight excluding hydrogens is 526 g/mol. The molecule has 0 N–H and O–H groups in total. The first-order valence-electron chi connectivity index (χ1n) is 12.1. The quantitative estimate of drug-likeness (QED) is 0.167. The number of nitrogens with zero attached hydrogens (tertiary/aromatic N) is 3. The predicted molar refractivity (Wildman–Crippen MR) is 143 cm³/mol. The van der Waals surface area contributed by atoms with Crippen molar-refractivity contribution >= 4 is 46.7 Å². The fourth-order valence-corrected chi connectivity index (χ4v) is 4.52. The Kier molecular flexibility index (Phi) is 8.36. The zero-order valence-electron chi connectivity index (χ0n) is 20.9. The van der Waals surface area contributed by atoms with Gasteiger partial charge in [-0.1, -0.05) is 41.9 Å². The van der Waals surface area contributed by atoms with E-state index in [-0.39, 0.29) is 41.4 Å². The third-order valence-electron chi connectivity index (χ3n) is 6.27. The number of ether oxygens (including phenoxy) is 1. The van der Waals surface area contributed by atoms with E-state index in [9.17, 15) is 29.3 Å². The van der Waals surface area contributed by atoms with Crippen molar-refractivity contribution in [1.82, 2.24) is 4.90 Å². The molecule has 1 aliphatic heterocycles. The van der Waals surface area contributed by atoms with Crippen LogP contribution in [0.25, 0.3) is 0 Å². The van der Waals surface area contributed by atoms with Crippen LogP contribution in [0.5, 0.6) is 0 Å². The van der Waals surface area contributed by atoms with Crippen LogP contribution in [0.2, 0.25) is 5.02 Å². The molecule has 200 valence electrons. The predicted octanol–water partition coefficient (Wildman–Crippen LogP) is 4.44. The Hall–Kier alpha value is -4.57. The molecule has 3 amide bonds. The van der Waals surface area contributed by atoms with Gasteiger partial charge in [0.15, 0.2) is 0 Å². The summed E-state index contributed by atoms with van der Waals surface area (Å²) in [6, 6.07) is 17.6. The molecule has 11 heteroatoms. The van der Waals surface area contributed by atoms with Gasteiger partial charge in [-0.05, 0) is 55.3 Å². The number of nitro groups is 1. The summed E-state index contributed by atoms with van der Waals surface area (Å²) in [7, 11) is 0. The maximum absolute atomic E-state index is 13.6. The average Bonchev–Trinajstić information content (AvgIpc) is 3.22. The van der Waals surface area contributed by atoms with E-state index in [0.29, 0.717) is 6.42 Å². The first-order valence-corrected chi connectivity index (χ1v) is 12.5. The Balaban J connectivity index is 1.64. The van der Waals surface area contributed by atoms with Crippen molar-refractivity contribution in [3.05, 3.63) is 105 Å². The second-order valence-electron chi connectivity index (χ2n) is 8.71. The summed E-state index contributed by atoms with van der Waals surface area (Å²) in [5.74, 6) is -2.31. The number of carbonyl (C=O) groups is 4. The number of benzene rings is 3. The van der Waals surface area contributed by atoms with Crippen LogP contribution in [0.15, 0.2) is 72.8 Å². The molecule has 1 heterocycles. The summed E-state index contributed by atoms with van der Waals surface area (Å²) in [4.78, 5) is 65.1. The second-order valence-corrected chi connectivity index (χ2v) is 9.12. The molecule has 3 aromatic carbocycles. The Labute approximate surface area is 228 Å². The van der Waals surface area contributed by atoms with Gasteiger partial charge in [-0.2, -0.15) is 0 Å². The van der Waals surface area contributed by atoms with Gasteiger partial charge in [-0.25, -0.2) is 9.69 Å². The molecule has 1 fully saturated rings. The fourth-order valence-electron chi connectivity index (χ4n) is 4.34. The minimum absolute atomic E-state index is 0.0309.